The summed E-state index contributed by atoms with van der Waals surface area (Å²) >= 11 is 0. The fourth-order valence-corrected chi connectivity index (χ4v) is 4.45. The van der Waals surface area contributed by atoms with Crippen molar-refractivity contribution >= 4 is 5.91 Å². The van der Waals surface area contributed by atoms with E-state index in [4.69, 9.17) is 4.74 Å². The van der Waals surface area contributed by atoms with Crippen LogP contribution in [0, 0.1) is 18.7 Å². The molecule has 1 aromatic heterocycles. The van der Waals surface area contributed by atoms with Crippen LogP contribution in [0.4, 0.5) is 4.39 Å². The number of aromatic nitrogens is 2. The van der Waals surface area contributed by atoms with Crippen molar-refractivity contribution in [3.63, 3.8) is 0 Å². The molecule has 0 radical (unpaired) electrons. The van der Waals surface area contributed by atoms with E-state index < -0.39 is 0 Å². The lowest BCUT2D eigenvalue weighted by atomic mass is 9.95. The average Bonchev–Trinajstić information content (AvgIpc) is 3.29. The molecule has 3 heterocycles. The van der Waals surface area contributed by atoms with Crippen molar-refractivity contribution in [2.24, 2.45) is 5.92 Å². The molecule has 2 aliphatic rings. The Morgan fingerprint density at radius 3 is 2.65 bits per heavy atom. The van der Waals surface area contributed by atoms with Crippen LogP contribution in [0.1, 0.15) is 47.4 Å². The molecule has 2 saturated heterocycles. The third-order valence-electron chi connectivity index (χ3n) is 6.27. The second-order valence-corrected chi connectivity index (χ2v) is 8.70. The SMILES string of the molecule is Cc1cnc(C(=O)N(CC2CCN(Cc3ccccc3F)CC2)CC2CCCO2)cn1. The summed E-state index contributed by atoms with van der Waals surface area (Å²) in [6.45, 7) is 6.38. The Bertz CT molecular complexity index is 862. The van der Waals surface area contributed by atoms with Crippen LogP contribution >= 0.6 is 0 Å². The summed E-state index contributed by atoms with van der Waals surface area (Å²) in [7, 11) is 0. The van der Waals surface area contributed by atoms with Gasteiger partial charge < -0.3 is 9.64 Å². The second-order valence-electron chi connectivity index (χ2n) is 8.70. The number of aryl methyl sites for hydroxylation is 1. The molecule has 0 N–H and O–H groups in total. The van der Waals surface area contributed by atoms with E-state index >= 15 is 0 Å². The van der Waals surface area contributed by atoms with Crippen molar-refractivity contribution in [3.8, 4) is 0 Å². The van der Waals surface area contributed by atoms with Gasteiger partial charge in [-0.15, -0.1) is 0 Å². The first-order chi connectivity index (χ1) is 15.1. The number of carbonyl (C=O) groups excluding carboxylic acids is 1. The minimum absolute atomic E-state index is 0.0724. The lowest BCUT2D eigenvalue weighted by molar-refractivity contribution is 0.0440. The smallest absolute Gasteiger partial charge is 0.274 e. The van der Waals surface area contributed by atoms with Crippen molar-refractivity contribution in [3.05, 3.63) is 59.4 Å². The first kappa shape index (κ1) is 21.8. The first-order valence-corrected chi connectivity index (χ1v) is 11.2. The van der Waals surface area contributed by atoms with E-state index in [0.717, 1.165) is 56.6 Å². The molecule has 31 heavy (non-hydrogen) atoms. The maximum absolute atomic E-state index is 14.0. The molecule has 1 unspecified atom stereocenters. The van der Waals surface area contributed by atoms with Gasteiger partial charge >= 0.3 is 0 Å². The number of carbonyl (C=O) groups is 1. The molecule has 2 aromatic rings. The lowest BCUT2D eigenvalue weighted by Crippen LogP contribution is -2.43. The molecule has 2 fully saturated rings. The minimum atomic E-state index is -0.142. The predicted molar refractivity (Wildman–Crippen MR) is 116 cm³/mol. The largest absolute Gasteiger partial charge is 0.376 e. The van der Waals surface area contributed by atoms with Crippen LogP contribution < -0.4 is 0 Å². The van der Waals surface area contributed by atoms with E-state index in [2.05, 4.69) is 14.9 Å². The normalized spacial score (nSPS) is 20.1. The van der Waals surface area contributed by atoms with E-state index in [-0.39, 0.29) is 17.8 Å². The zero-order chi connectivity index (χ0) is 21.6. The zero-order valence-electron chi connectivity index (χ0n) is 18.2. The van der Waals surface area contributed by atoms with Gasteiger partial charge in [0.1, 0.15) is 11.5 Å². The highest BCUT2D eigenvalue weighted by Crippen LogP contribution is 2.23. The Labute approximate surface area is 183 Å². The van der Waals surface area contributed by atoms with Gasteiger partial charge in [-0.2, -0.15) is 0 Å². The third-order valence-corrected chi connectivity index (χ3v) is 6.27. The summed E-state index contributed by atoms with van der Waals surface area (Å²) in [5.41, 5.74) is 1.93. The van der Waals surface area contributed by atoms with E-state index in [0.29, 0.717) is 31.2 Å². The summed E-state index contributed by atoms with van der Waals surface area (Å²) in [6.07, 6.45) is 7.32. The summed E-state index contributed by atoms with van der Waals surface area (Å²) in [5, 5.41) is 0. The van der Waals surface area contributed by atoms with Crippen molar-refractivity contribution in [1.82, 2.24) is 19.8 Å². The third kappa shape index (κ3) is 5.86. The standard InChI is InChI=1S/C24H31FN4O2/c1-18-13-27-23(14-26-18)24(30)29(17-21-6-4-12-31-21)15-19-8-10-28(11-9-19)16-20-5-2-3-7-22(20)25/h2-3,5,7,13-14,19,21H,4,6,8-12,15-17H2,1H3. The highest BCUT2D eigenvalue weighted by molar-refractivity contribution is 5.92. The quantitative estimate of drug-likeness (QED) is 0.679. The molecular weight excluding hydrogens is 395 g/mol. The van der Waals surface area contributed by atoms with E-state index in [1.807, 2.05) is 24.0 Å². The molecule has 0 spiro atoms. The Morgan fingerprint density at radius 1 is 1.16 bits per heavy atom. The van der Waals surface area contributed by atoms with E-state index in [1.54, 1.807) is 18.5 Å². The molecule has 1 amide bonds. The van der Waals surface area contributed by atoms with Gasteiger partial charge in [0.15, 0.2) is 0 Å². The minimum Gasteiger partial charge on any atom is -0.376 e. The maximum atomic E-state index is 14.0. The van der Waals surface area contributed by atoms with E-state index in [1.165, 1.54) is 6.07 Å². The van der Waals surface area contributed by atoms with E-state index in [9.17, 15) is 9.18 Å². The topological polar surface area (TPSA) is 58.6 Å². The zero-order valence-corrected chi connectivity index (χ0v) is 18.2. The summed E-state index contributed by atoms with van der Waals surface area (Å²) < 4.78 is 19.8. The van der Waals surface area contributed by atoms with Crippen molar-refractivity contribution in [2.75, 3.05) is 32.8 Å². The van der Waals surface area contributed by atoms with Crippen molar-refractivity contribution in [2.45, 2.75) is 45.3 Å². The Balaban J connectivity index is 1.36. The molecule has 1 aromatic carbocycles. The monoisotopic (exact) mass is 426 g/mol. The highest BCUT2D eigenvalue weighted by Gasteiger charge is 2.28. The molecule has 7 heteroatoms. The van der Waals surface area contributed by atoms with Crippen LogP contribution in [0.2, 0.25) is 0 Å². The maximum Gasteiger partial charge on any atom is 0.274 e. The molecule has 1 atom stereocenters. The van der Waals surface area contributed by atoms with Crippen molar-refractivity contribution < 1.29 is 13.9 Å². The number of nitrogens with zero attached hydrogens (tertiary/aromatic N) is 4. The number of rotatable bonds is 7. The molecule has 0 bridgehead atoms. The molecule has 0 aliphatic carbocycles. The van der Waals surface area contributed by atoms with Gasteiger partial charge in [0, 0.05) is 38.0 Å². The number of ether oxygens (including phenoxy) is 1. The number of amides is 1. The summed E-state index contributed by atoms with van der Waals surface area (Å²) in [5.74, 6) is 0.203. The van der Waals surface area contributed by atoms with Crippen LogP contribution in [-0.2, 0) is 11.3 Å². The Morgan fingerprint density at radius 2 is 1.97 bits per heavy atom. The van der Waals surface area contributed by atoms with Crippen LogP contribution in [0.5, 0.6) is 0 Å². The van der Waals surface area contributed by atoms with Crippen molar-refractivity contribution in [1.29, 1.82) is 0 Å². The number of hydrogen-bond acceptors (Lipinski definition) is 5. The molecule has 6 nitrogen and oxygen atoms in total. The van der Waals surface area contributed by atoms with Gasteiger partial charge in [0.2, 0.25) is 0 Å². The molecule has 0 saturated carbocycles. The lowest BCUT2D eigenvalue weighted by Gasteiger charge is -2.35. The van der Waals surface area contributed by atoms with Gasteiger partial charge in [-0.1, -0.05) is 18.2 Å². The van der Waals surface area contributed by atoms with Gasteiger partial charge in [-0.05, 0) is 57.7 Å². The van der Waals surface area contributed by atoms with Gasteiger partial charge in [0.25, 0.3) is 5.91 Å². The van der Waals surface area contributed by atoms with Gasteiger partial charge in [0.05, 0.1) is 18.0 Å². The number of likely N-dealkylation sites (tertiary alicyclic amines) is 1. The molecular formula is C24H31FN4O2. The first-order valence-electron chi connectivity index (χ1n) is 11.2. The number of hydrogen-bond donors (Lipinski definition) is 0. The van der Waals surface area contributed by atoms with Crippen LogP contribution in [0.15, 0.2) is 36.7 Å². The Hall–Kier alpha value is -2.38. The highest BCUT2D eigenvalue weighted by atomic mass is 19.1. The molecule has 166 valence electrons. The molecule has 2 aliphatic heterocycles. The summed E-state index contributed by atoms with van der Waals surface area (Å²) in [6, 6.07) is 6.98. The average molecular weight is 427 g/mol. The fraction of sp³-hybridized carbons (Fsp3) is 0.542. The second kappa shape index (κ2) is 10.3. The molecule has 4 rings (SSSR count). The number of benzene rings is 1. The fourth-order valence-electron chi connectivity index (χ4n) is 4.45. The van der Waals surface area contributed by atoms with Crippen LogP contribution in [0.25, 0.3) is 0 Å². The van der Waals surface area contributed by atoms with Gasteiger partial charge in [-0.25, -0.2) is 9.37 Å². The number of piperidine rings is 1. The summed E-state index contributed by atoms with van der Waals surface area (Å²) in [4.78, 5) is 25.9. The number of halogens is 1. The predicted octanol–water partition coefficient (Wildman–Crippen LogP) is 3.46. The van der Waals surface area contributed by atoms with Gasteiger partial charge in [-0.3, -0.25) is 14.7 Å². The van der Waals surface area contributed by atoms with Crippen LogP contribution in [-0.4, -0.2) is 64.6 Å². The Kier molecular flexibility index (Phi) is 7.25. The van der Waals surface area contributed by atoms with Crippen LogP contribution in [0.3, 0.4) is 0 Å².